The zero-order chi connectivity index (χ0) is 7.84. The van der Waals surface area contributed by atoms with Gasteiger partial charge in [0.25, 0.3) is 0 Å². The van der Waals surface area contributed by atoms with Crippen molar-refractivity contribution in [1.29, 1.82) is 0 Å². The normalized spacial score (nSPS) is 10.6. The monoisotopic (exact) mass is 186 g/mol. The van der Waals surface area contributed by atoms with Crippen LogP contribution in [0.3, 0.4) is 0 Å². The first-order valence-corrected chi connectivity index (χ1v) is 3.65. The van der Waals surface area contributed by atoms with Crippen LogP contribution >= 0.6 is 23.8 Å². The van der Waals surface area contributed by atoms with E-state index in [1.54, 1.807) is 0 Å². The highest BCUT2D eigenvalue weighted by molar-refractivity contribution is 7.71. The molecule has 0 spiro atoms. The van der Waals surface area contributed by atoms with Crippen LogP contribution in [-0.2, 0) is 0 Å². The molecule has 0 amide bonds. The number of hydrogen-bond acceptors (Lipinski definition) is 3. The van der Waals surface area contributed by atoms with E-state index in [4.69, 9.17) is 23.8 Å². The summed E-state index contributed by atoms with van der Waals surface area (Å²) in [5, 5.41) is 0.442. The Morgan fingerprint density at radius 2 is 2.36 bits per heavy atom. The van der Waals surface area contributed by atoms with E-state index in [1.165, 1.54) is 6.33 Å². The van der Waals surface area contributed by atoms with Crippen LogP contribution in [0.5, 0.6) is 0 Å². The highest BCUT2D eigenvalue weighted by Crippen LogP contribution is 2.14. The van der Waals surface area contributed by atoms with E-state index in [9.17, 15) is 0 Å². The zero-order valence-electron chi connectivity index (χ0n) is 5.26. The summed E-state index contributed by atoms with van der Waals surface area (Å²) in [6, 6.07) is 0. The molecule has 0 aliphatic rings. The maximum Gasteiger partial charge on any atom is 0.200 e. The fourth-order valence-corrected chi connectivity index (χ4v) is 1.29. The lowest BCUT2D eigenvalue weighted by Gasteiger charge is -1.90. The molecule has 0 radical (unpaired) electrons. The van der Waals surface area contributed by atoms with E-state index in [0.29, 0.717) is 21.1 Å². The average Bonchev–Trinajstić information content (AvgIpc) is 2.34. The van der Waals surface area contributed by atoms with E-state index >= 15 is 0 Å². The molecular formula is C5H3ClN4S. The van der Waals surface area contributed by atoms with Gasteiger partial charge in [0.2, 0.25) is 0 Å². The van der Waals surface area contributed by atoms with Crippen LogP contribution in [0.2, 0.25) is 5.15 Å². The molecule has 11 heavy (non-hydrogen) atoms. The SMILES string of the molecule is S=c1nc2nc[nH]c2c(Cl)[nH]1. The molecule has 4 nitrogen and oxygen atoms in total. The summed E-state index contributed by atoms with van der Waals surface area (Å²) in [4.78, 5) is 13.4. The Kier molecular flexibility index (Phi) is 1.40. The molecule has 0 aromatic carbocycles. The summed E-state index contributed by atoms with van der Waals surface area (Å²) in [6.07, 6.45) is 1.52. The minimum atomic E-state index is 0.342. The molecule has 0 aliphatic carbocycles. The lowest BCUT2D eigenvalue weighted by Crippen LogP contribution is -1.84. The summed E-state index contributed by atoms with van der Waals surface area (Å²) in [5.74, 6) is 0. The zero-order valence-corrected chi connectivity index (χ0v) is 6.83. The fourth-order valence-electron chi connectivity index (χ4n) is 0.814. The minimum absolute atomic E-state index is 0.342. The minimum Gasteiger partial charge on any atom is -0.341 e. The van der Waals surface area contributed by atoms with E-state index in [1.807, 2.05) is 0 Å². The van der Waals surface area contributed by atoms with Gasteiger partial charge < -0.3 is 9.97 Å². The maximum atomic E-state index is 5.77. The summed E-state index contributed by atoms with van der Waals surface area (Å²) in [6.45, 7) is 0. The molecule has 2 aromatic rings. The van der Waals surface area contributed by atoms with Gasteiger partial charge in [-0.15, -0.1) is 0 Å². The molecule has 0 fully saturated rings. The fraction of sp³-hybridized carbons (Fsp3) is 0. The van der Waals surface area contributed by atoms with Crippen molar-refractivity contribution in [2.24, 2.45) is 0 Å². The number of fused-ring (bicyclic) bond motifs is 1. The van der Waals surface area contributed by atoms with Gasteiger partial charge in [0.1, 0.15) is 10.7 Å². The third-order valence-corrected chi connectivity index (χ3v) is 1.74. The third kappa shape index (κ3) is 1.02. The summed E-state index contributed by atoms with van der Waals surface area (Å²) in [5.41, 5.74) is 1.22. The first-order valence-electron chi connectivity index (χ1n) is 2.86. The Bertz CT molecular complexity index is 445. The van der Waals surface area contributed by atoms with Crippen molar-refractivity contribution < 1.29 is 0 Å². The lowest BCUT2D eigenvalue weighted by atomic mass is 10.6. The number of nitrogens with one attached hydrogen (secondary N) is 2. The van der Waals surface area contributed by atoms with E-state index < -0.39 is 0 Å². The van der Waals surface area contributed by atoms with Crippen molar-refractivity contribution in [1.82, 2.24) is 19.9 Å². The second-order valence-electron chi connectivity index (χ2n) is 1.96. The van der Waals surface area contributed by atoms with Crippen LogP contribution in [0.1, 0.15) is 0 Å². The van der Waals surface area contributed by atoms with E-state index in [0.717, 1.165) is 0 Å². The number of hydrogen-bond donors (Lipinski definition) is 2. The molecule has 0 unspecified atom stereocenters. The quantitative estimate of drug-likeness (QED) is 0.486. The van der Waals surface area contributed by atoms with Crippen LogP contribution < -0.4 is 0 Å². The number of aromatic nitrogens is 4. The van der Waals surface area contributed by atoms with Crippen LogP contribution in [-0.4, -0.2) is 19.9 Å². The number of halogens is 1. The highest BCUT2D eigenvalue weighted by atomic mass is 35.5. The van der Waals surface area contributed by atoms with Gasteiger partial charge in [-0.05, 0) is 12.2 Å². The van der Waals surface area contributed by atoms with Gasteiger partial charge in [-0.2, -0.15) is 4.98 Å². The van der Waals surface area contributed by atoms with Crippen molar-refractivity contribution in [3.8, 4) is 0 Å². The van der Waals surface area contributed by atoms with Crippen LogP contribution in [0.25, 0.3) is 11.2 Å². The molecule has 2 aromatic heterocycles. The first kappa shape index (κ1) is 6.75. The van der Waals surface area contributed by atoms with Crippen LogP contribution in [0.4, 0.5) is 0 Å². The number of H-pyrrole nitrogens is 2. The number of aromatic amines is 2. The Morgan fingerprint density at radius 1 is 1.55 bits per heavy atom. The van der Waals surface area contributed by atoms with Crippen molar-refractivity contribution in [2.45, 2.75) is 0 Å². The molecule has 2 N–H and O–H groups in total. The second-order valence-corrected chi connectivity index (χ2v) is 2.72. The summed E-state index contributed by atoms with van der Waals surface area (Å²) < 4.78 is 0.342. The standard InChI is InChI=1S/C5H3ClN4S/c6-3-2-4(8-1-7-2)10-5(11)9-3/h1H,(H2,7,8,9,10,11). The van der Waals surface area contributed by atoms with Gasteiger partial charge in [-0.25, -0.2) is 4.98 Å². The summed E-state index contributed by atoms with van der Waals surface area (Å²) in [7, 11) is 0. The van der Waals surface area contributed by atoms with Gasteiger partial charge >= 0.3 is 0 Å². The molecule has 56 valence electrons. The predicted octanol–water partition coefficient (Wildman–Crippen LogP) is 1.67. The Labute approximate surface area is 71.6 Å². The average molecular weight is 187 g/mol. The van der Waals surface area contributed by atoms with Gasteiger partial charge in [-0.3, -0.25) is 0 Å². The van der Waals surface area contributed by atoms with Gasteiger partial charge in [0.15, 0.2) is 10.4 Å². The molecule has 0 bridgehead atoms. The Morgan fingerprint density at radius 3 is 3.18 bits per heavy atom. The molecule has 0 saturated heterocycles. The molecule has 6 heteroatoms. The topological polar surface area (TPSA) is 57.4 Å². The van der Waals surface area contributed by atoms with E-state index in [-0.39, 0.29) is 0 Å². The maximum absolute atomic E-state index is 5.77. The Balaban J connectivity index is 3.02. The highest BCUT2D eigenvalue weighted by Gasteiger charge is 2.01. The van der Waals surface area contributed by atoms with Crippen LogP contribution in [0, 0.1) is 4.77 Å². The molecular weight excluding hydrogens is 184 g/mol. The number of nitrogens with zero attached hydrogens (tertiary/aromatic N) is 2. The number of rotatable bonds is 0. The smallest absolute Gasteiger partial charge is 0.200 e. The second kappa shape index (κ2) is 2.28. The van der Waals surface area contributed by atoms with Gasteiger partial charge in [0, 0.05) is 0 Å². The van der Waals surface area contributed by atoms with Gasteiger partial charge in [-0.1, -0.05) is 11.6 Å². The molecule has 0 saturated carbocycles. The van der Waals surface area contributed by atoms with E-state index in [2.05, 4.69) is 19.9 Å². The van der Waals surface area contributed by atoms with Crippen LogP contribution in [0.15, 0.2) is 6.33 Å². The number of imidazole rings is 1. The van der Waals surface area contributed by atoms with Crippen molar-refractivity contribution in [3.05, 3.63) is 16.3 Å². The predicted molar refractivity (Wildman–Crippen MR) is 44.1 cm³/mol. The lowest BCUT2D eigenvalue weighted by molar-refractivity contribution is 1.17. The molecule has 2 rings (SSSR count). The molecule has 2 heterocycles. The molecule has 0 atom stereocenters. The Hall–Kier alpha value is -0.940. The van der Waals surface area contributed by atoms with Crippen molar-refractivity contribution in [2.75, 3.05) is 0 Å². The third-order valence-electron chi connectivity index (χ3n) is 1.26. The van der Waals surface area contributed by atoms with Crippen molar-refractivity contribution in [3.63, 3.8) is 0 Å². The van der Waals surface area contributed by atoms with Gasteiger partial charge in [0.05, 0.1) is 6.33 Å². The molecule has 0 aliphatic heterocycles. The van der Waals surface area contributed by atoms with Crippen molar-refractivity contribution >= 4 is 35.0 Å². The first-order chi connectivity index (χ1) is 5.27. The summed E-state index contributed by atoms with van der Waals surface area (Å²) >= 11 is 10.6. The largest absolute Gasteiger partial charge is 0.341 e.